The highest BCUT2D eigenvalue weighted by Gasteiger charge is 2.02. The Morgan fingerprint density at radius 3 is 2.60 bits per heavy atom. The lowest BCUT2D eigenvalue weighted by Crippen LogP contribution is -2.17. The van der Waals surface area contributed by atoms with E-state index < -0.39 is 12.3 Å². The molecule has 0 amide bonds. The fourth-order valence-corrected chi connectivity index (χ4v) is 0.471. The van der Waals surface area contributed by atoms with Crippen LogP contribution in [0.4, 0.5) is 0 Å². The highest BCUT2D eigenvalue weighted by atomic mass is 16.7. The van der Waals surface area contributed by atoms with Gasteiger partial charge in [-0.15, -0.1) is 0 Å². The fourth-order valence-electron chi connectivity index (χ4n) is 0.471. The second-order valence-electron chi connectivity index (χ2n) is 1.73. The van der Waals surface area contributed by atoms with Crippen molar-refractivity contribution in [1.82, 2.24) is 0 Å². The van der Waals surface area contributed by atoms with Crippen molar-refractivity contribution in [2.45, 2.75) is 20.1 Å². The van der Waals surface area contributed by atoms with Crippen molar-refractivity contribution in [3.05, 3.63) is 0 Å². The Kier molecular flexibility index (Phi) is 4.88. The number of ether oxygens (including phenoxy) is 2. The summed E-state index contributed by atoms with van der Waals surface area (Å²) in [6, 6.07) is 0. The molecule has 60 valence electrons. The monoisotopic (exact) mass is 148 g/mol. The second-order valence-corrected chi connectivity index (χ2v) is 1.73. The van der Waals surface area contributed by atoms with Gasteiger partial charge < -0.3 is 14.6 Å². The molecule has 0 heterocycles. The summed E-state index contributed by atoms with van der Waals surface area (Å²) in [6.07, 6.45) is -0.430. The van der Waals surface area contributed by atoms with Gasteiger partial charge in [0.25, 0.3) is 0 Å². The normalized spacial score (nSPS) is 13.0. The van der Waals surface area contributed by atoms with Gasteiger partial charge in [0.1, 0.15) is 6.61 Å². The number of hydrogen-bond donors (Lipinski definition) is 1. The zero-order chi connectivity index (χ0) is 7.98. The molecule has 0 aliphatic rings. The molecule has 0 rings (SSSR count). The Morgan fingerprint density at radius 1 is 1.60 bits per heavy atom. The summed E-state index contributed by atoms with van der Waals surface area (Å²) < 4.78 is 9.63. The number of aliphatic carboxylic acids is 1. The third-order valence-electron chi connectivity index (χ3n) is 0.843. The predicted octanol–water partition coefficient (Wildman–Crippen LogP) is 0.470. The van der Waals surface area contributed by atoms with Crippen molar-refractivity contribution in [3.8, 4) is 0 Å². The van der Waals surface area contributed by atoms with Gasteiger partial charge in [0.05, 0.1) is 0 Å². The standard InChI is InChI=1S/C6H12O4/c1-3-9-5(2)10-4-6(7)8/h5H,3-4H2,1-2H3,(H,7,8)/t5-/m0/s1. The van der Waals surface area contributed by atoms with Crippen molar-refractivity contribution in [2.75, 3.05) is 13.2 Å². The average molecular weight is 148 g/mol. The number of hydrogen-bond acceptors (Lipinski definition) is 3. The first kappa shape index (κ1) is 9.39. The van der Waals surface area contributed by atoms with E-state index in [4.69, 9.17) is 14.6 Å². The molecule has 1 N–H and O–H groups in total. The van der Waals surface area contributed by atoms with Crippen molar-refractivity contribution < 1.29 is 19.4 Å². The summed E-state index contributed by atoms with van der Waals surface area (Å²) >= 11 is 0. The molecule has 0 radical (unpaired) electrons. The van der Waals surface area contributed by atoms with E-state index in [0.717, 1.165) is 0 Å². The molecule has 0 aromatic heterocycles. The summed E-state index contributed by atoms with van der Waals surface area (Å²) in [5.74, 6) is -0.980. The van der Waals surface area contributed by atoms with Gasteiger partial charge in [-0.2, -0.15) is 0 Å². The van der Waals surface area contributed by atoms with E-state index in [2.05, 4.69) is 0 Å². The van der Waals surface area contributed by atoms with Crippen molar-refractivity contribution >= 4 is 5.97 Å². The third-order valence-corrected chi connectivity index (χ3v) is 0.843. The lowest BCUT2D eigenvalue weighted by atomic mass is 10.7. The minimum Gasteiger partial charge on any atom is -0.480 e. The zero-order valence-corrected chi connectivity index (χ0v) is 6.16. The van der Waals surface area contributed by atoms with Crippen LogP contribution in [0.25, 0.3) is 0 Å². The van der Waals surface area contributed by atoms with Gasteiger partial charge in [-0.25, -0.2) is 4.79 Å². The van der Waals surface area contributed by atoms with Gasteiger partial charge in [-0.05, 0) is 13.8 Å². The van der Waals surface area contributed by atoms with E-state index in [1.54, 1.807) is 6.92 Å². The van der Waals surface area contributed by atoms with Crippen LogP contribution in [0.5, 0.6) is 0 Å². The topological polar surface area (TPSA) is 55.8 Å². The molecule has 0 unspecified atom stereocenters. The molecular weight excluding hydrogens is 136 g/mol. The molecule has 0 saturated carbocycles. The summed E-state index contributed by atoms with van der Waals surface area (Å²) in [4.78, 5) is 9.93. The van der Waals surface area contributed by atoms with Crippen LogP contribution in [-0.4, -0.2) is 30.6 Å². The zero-order valence-electron chi connectivity index (χ0n) is 6.16. The van der Waals surface area contributed by atoms with Crippen LogP contribution >= 0.6 is 0 Å². The molecule has 0 bridgehead atoms. The van der Waals surface area contributed by atoms with Crippen molar-refractivity contribution in [2.24, 2.45) is 0 Å². The molecule has 0 fully saturated rings. The molecule has 0 saturated heterocycles. The van der Waals surface area contributed by atoms with Gasteiger partial charge in [-0.1, -0.05) is 0 Å². The molecule has 0 aromatic rings. The molecule has 1 atom stereocenters. The van der Waals surface area contributed by atoms with Crippen LogP contribution < -0.4 is 0 Å². The van der Waals surface area contributed by atoms with E-state index in [9.17, 15) is 4.79 Å². The minimum absolute atomic E-state index is 0.304. The largest absolute Gasteiger partial charge is 0.480 e. The minimum atomic E-state index is -0.980. The van der Waals surface area contributed by atoms with Crippen molar-refractivity contribution in [1.29, 1.82) is 0 Å². The molecule has 4 heteroatoms. The number of rotatable bonds is 5. The Balaban J connectivity index is 3.21. The van der Waals surface area contributed by atoms with Gasteiger partial charge in [0.15, 0.2) is 6.29 Å². The van der Waals surface area contributed by atoms with E-state index >= 15 is 0 Å². The van der Waals surface area contributed by atoms with Gasteiger partial charge in [0, 0.05) is 6.61 Å². The Hall–Kier alpha value is -0.610. The van der Waals surface area contributed by atoms with E-state index in [-0.39, 0.29) is 6.61 Å². The first-order chi connectivity index (χ1) is 4.66. The number of carbonyl (C=O) groups is 1. The van der Waals surface area contributed by atoms with Crippen LogP contribution in [0.3, 0.4) is 0 Å². The van der Waals surface area contributed by atoms with Gasteiger partial charge in [0.2, 0.25) is 0 Å². The molecular formula is C6H12O4. The van der Waals surface area contributed by atoms with Crippen molar-refractivity contribution in [3.63, 3.8) is 0 Å². The van der Waals surface area contributed by atoms with Gasteiger partial charge in [-0.3, -0.25) is 0 Å². The maximum Gasteiger partial charge on any atom is 0.329 e. The van der Waals surface area contributed by atoms with Crippen LogP contribution in [0.2, 0.25) is 0 Å². The molecule has 0 spiro atoms. The Bertz CT molecular complexity index is 102. The second kappa shape index (κ2) is 5.20. The van der Waals surface area contributed by atoms with E-state index in [1.807, 2.05) is 6.92 Å². The first-order valence-corrected chi connectivity index (χ1v) is 3.11. The van der Waals surface area contributed by atoms with Crippen LogP contribution in [0, 0.1) is 0 Å². The fraction of sp³-hybridized carbons (Fsp3) is 0.833. The summed E-state index contributed by atoms with van der Waals surface area (Å²) in [6.45, 7) is 3.70. The molecule has 10 heavy (non-hydrogen) atoms. The predicted molar refractivity (Wildman–Crippen MR) is 34.7 cm³/mol. The number of carboxylic acid groups (broad SMARTS) is 1. The average Bonchev–Trinajstić information content (AvgIpc) is 1.85. The maximum atomic E-state index is 9.93. The highest BCUT2D eigenvalue weighted by molar-refractivity contribution is 5.67. The quantitative estimate of drug-likeness (QED) is 0.576. The summed E-state index contributed by atoms with van der Waals surface area (Å²) in [5.41, 5.74) is 0. The highest BCUT2D eigenvalue weighted by Crippen LogP contribution is 1.91. The Morgan fingerprint density at radius 2 is 2.20 bits per heavy atom. The Labute approximate surface area is 59.7 Å². The molecule has 0 aliphatic heterocycles. The SMILES string of the molecule is CCO[C@H](C)OCC(=O)O. The van der Waals surface area contributed by atoms with Crippen LogP contribution in [-0.2, 0) is 14.3 Å². The van der Waals surface area contributed by atoms with Crippen LogP contribution in [0.15, 0.2) is 0 Å². The van der Waals surface area contributed by atoms with Crippen LogP contribution in [0.1, 0.15) is 13.8 Å². The lowest BCUT2D eigenvalue weighted by molar-refractivity contribution is -0.162. The lowest BCUT2D eigenvalue weighted by Gasteiger charge is -2.09. The molecule has 4 nitrogen and oxygen atoms in total. The molecule has 0 aliphatic carbocycles. The van der Waals surface area contributed by atoms with E-state index in [1.165, 1.54) is 0 Å². The first-order valence-electron chi connectivity index (χ1n) is 3.11. The summed E-state index contributed by atoms with van der Waals surface area (Å²) in [5, 5.41) is 8.15. The third kappa shape index (κ3) is 5.53. The smallest absolute Gasteiger partial charge is 0.329 e. The van der Waals surface area contributed by atoms with E-state index in [0.29, 0.717) is 6.61 Å². The number of carboxylic acids is 1. The van der Waals surface area contributed by atoms with Gasteiger partial charge >= 0.3 is 5.97 Å². The summed E-state index contributed by atoms with van der Waals surface area (Å²) in [7, 11) is 0. The maximum absolute atomic E-state index is 9.93. The molecule has 0 aromatic carbocycles.